The van der Waals surface area contributed by atoms with Gasteiger partial charge in [-0.05, 0) is 30.2 Å². The maximum absolute atomic E-state index is 11.1. The van der Waals surface area contributed by atoms with Crippen molar-refractivity contribution in [1.29, 1.82) is 0 Å². The van der Waals surface area contributed by atoms with Crippen molar-refractivity contribution in [3.63, 3.8) is 0 Å². The van der Waals surface area contributed by atoms with Gasteiger partial charge >= 0.3 is 5.97 Å². The molecule has 22 heavy (non-hydrogen) atoms. The quantitative estimate of drug-likeness (QED) is 0.664. The molecule has 6 heteroatoms. The van der Waals surface area contributed by atoms with Crippen LogP contribution in [0.15, 0.2) is 18.2 Å². The Balaban J connectivity index is 2.51. The second-order valence-electron chi connectivity index (χ2n) is 5.21. The Hall–Kier alpha value is -1.63. The van der Waals surface area contributed by atoms with Crippen molar-refractivity contribution in [2.45, 2.75) is 32.7 Å². The summed E-state index contributed by atoms with van der Waals surface area (Å²) in [6.07, 6.45) is 0.0344. The summed E-state index contributed by atoms with van der Waals surface area (Å²) in [7, 11) is 3.27. The molecule has 124 valence electrons. The molecule has 1 rings (SSSR count). The predicted molar refractivity (Wildman–Crippen MR) is 83.6 cm³/mol. The smallest absolute Gasteiger partial charge is 0.308 e. The second-order valence-corrected chi connectivity index (χ2v) is 5.21. The molecule has 0 fully saturated rings. The largest absolute Gasteiger partial charge is 0.469 e. The lowest BCUT2D eigenvalue weighted by molar-refractivity contribution is -0.143. The molecular weight excluding hydrogens is 286 g/mol. The van der Waals surface area contributed by atoms with E-state index in [-0.39, 0.29) is 31.7 Å². The molecule has 0 aliphatic heterocycles. The SMILES string of the molecule is COC(=O)CC(C)OCCN(C)c1cc(CO)cc(CO)c1. The Kier molecular flexibility index (Phi) is 7.87. The van der Waals surface area contributed by atoms with Gasteiger partial charge in [0.25, 0.3) is 0 Å². The number of ether oxygens (including phenoxy) is 2. The van der Waals surface area contributed by atoms with E-state index < -0.39 is 0 Å². The Morgan fingerprint density at radius 2 is 1.82 bits per heavy atom. The van der Waals surface area contributed by atoms with Gasteiger partial charge in [-0.1, -0.05) is 6.07 Å². The lowest BCUT2D eigenvalue weighted by Crippen LogP contribution is -2.25. The molecule has 0 aliphatic rings. The molecule has 0 bridgehead atoms. The van der Waals surface area contributed by atoms with Crippen molar-refractivity contribution in [2.75, 3.05) is 32.2 Å². The number of rotatable bonds is 9. The fourth-order valence-electron chi connectivity index (χ4n) is 2.04. The molecule has 0 aromatic heterocycles. The second kappa shape index (κ2) is 9.40. The zero-order valence-electron chi connectivity index (χ0n) is 13.4. The summed E-state index contributed by atoms with van der Waals surface area (Å²) < 4.78 is 10.2. The van der Waals surface area contributed by atoms with Crippen LogP contribution in [-0.4, -0.2) is 49.6 Å². The number of carbonyl (C=O) groups is 1. The number of likely N-dealkylation sites (N-methyl/N-ethyl adjacent to an activating group) is 1. The Labute approximate surface area is 131 Å². The summed E-state index contributed by atoms with van der Waals surface area (Å²) >= 11 is 0. The molecule has 6 nitrogen and oxygen atoms in total. The molecule has 0 saturated carbocycles. The van der Waals surface area contributed by atoms with Gasteiger partial charge < -0.3 is 24.6 Å². The van der Waals surface area contributed by atoms with E-state index in [9.17, 15) is 15.0 Å². The van der Waals surface area contributed by atoms with Crippen LogP contribution in [0.4, 0.5) is 5.69 Å². The summed E-state index contributed by atoms with van der Waals surface area (Å²) in [5.41, 5.74) is 2.42. The lowest BCUT2D eigenvalue weighted by atomic mass is 10.1. The molecule has 1 aromatic rings. The first-order valence-electron chi connectivity index (χ1n) is 7.24. The zero-order chi connectivity index (χ0) is 16.5. The van der Waals surface area contributed by atoms with Crippen LogP contribution in [-0.2, 0) is 27.5 Å². The topological polar surface area (TPSA) is 79.2 Å². The summed E-state index contributed by atoms with van der Waals surface area (Å²) in [5.74, 6) is -0.288. The molecule has 0 aliphatic carbocycles. The highest BCUT2D eigenvalue weighted by Crippen LogP contribution is 2.18. The van der Waals surface area contributed by atoms with Crippen molar-refractivity contribution in [3.8, 4) is 0 Å². The highest BCUT2D eigenvalue weighted by atomic mass is 16.5. The van der Waals surface area contributed by atoms with Crippen molar-refractivity contribution in [3.05, 3.63) is 29.3 Å². The third-order valence-corrected chi connectivity index (χ3v) is 3.35. The van der Waals surface area contributed by atoms with Crippen LogP contribution in [0.2, 0.25) is 0 Å². The van der Waals surface area contributed by atoms with Gasteiger partial charge in [0.15, 0.2) is 0 Å². The molecule has 0 spiro atoms. The number of anilines is 1. The van der Waals surface area contributed by atoms with Crippen molar-refractivity contribution in [1.82, 2.24) is 0 Å². The number of esters is 1. The van der Waals surface area contributed by atoms with Crippen molar-refractivity contribution in [2.24, 2.45) is 0 Å². The van der Waals surface area contributed by atoms with Gasteiger partial charge in [0.05, 0.1) is 39.5 Å². The van der Waals surface area contributed by atoms with E-state index in [1.165, 1.54) is 7.11 Å². The highest BCUT2D eigenvalue weighted by Gasteiger charge is 2.10. The third kappa shape index (κ3) is 6.01. The summed E-state index contributed by atoms with van der Waals surface area (Å²) in [6, 6.07) is 5.51. The Morgan fingerprint density at radius 3 is 2.32 bits per heavy atom. The van der Waals surface area contributed by atoms with Crippen LogP contribution < -0.4 is 4.90 Å². The minimum absolute atomic E-state index is 0.0681. The van der Waals surface area contributed by atoms with E-state index in [0.717, 1.165) is 16.8 Å². The molecule has 1 atom stereocenters. The van der Waals surface area contributed by atoms with Crippen LogP contribution in [0.3, 0.4) is 0 Å². The molecule has 1 unspecified atom stereocenters. The van der Waals surface area contributed by atoms with Crippen LogP contribution >= 0.6 is 0 Å². The van der Waals surface area contributed by atoms with Gasteiger partial charge in [-0.3, -0.25) is 4.79 Å². The number of aliphatic hydroxyl groups is 2. The first kappa shape index (κ1) is 18.4. The van der Waals surface area contributed by atoms with Crippen LogP contribution in [0, 0.1) is 0 Å². The third-order valence-electron chi connectivity index (χ3n) is 3.35. The van der Waals surface area contributed by atoms with Gasteiger partial charge in [0, 0.05) is 19.3 Å². The number of aliphatic hydroxyl groups excluding tert-OH is 2. The number of methoxy groups -OCH3 is 1. The van der Waals surface area contributed by atoms with E-state index in [1.807, 2.05) is 31.0 Å². The minimum atomic E-state index is -0.288. The number of carbonyl (C=O) groups excluding carboxylic acids is 1. The summed E-state index contributed by atoms with van der Waals surface area (Å²) in [5, 5.41) is 18.5. The number of hydrogen-bond acceptors (Lipinski definition) is 6. The lowest BCUT2D eigenvalue weighted by Gasteiger charge is -2.22. The monoisotopic (exact) mass is 311 g/mol. The van der Waals surface area contributed by atoms with Gasteiger partial charge in [-0.15, -0.1) is 0 Å². The first-order valence-corrected chi connectivity index (χ1v) is 7.24. The molecular formula is C16H25NO5. The van der Waals surface area contributed by atoms with Gasteiger partial charge in [-0.2, -0.15) is 0 Å². The highest BCUT2D eigenvalue weighted by molar-refractivity contribution is 5.69. The maximum Gasteiger partial charge on any atom is 0.308 e. The van der Waals surface area contributed by atoms with E-state index in [0.29, 0.717) is 13.2 Å². The average Bonchev–Trinajstić information content (AvgIpc) is 2.53. The zero-order valence-corrected chi connectivity index (χ0v) is 13.4. The number of benzene rings is 1. The predicted octanol–water partition coefficient (Wildman–Crippen LogP) is 1.08. The first-order chi connectivity index (χ1) is 10.5. The van der Waals surface area contributed by atoms with E-state index >= 15 is 0 Å². The van der Waals surface area contributed by atoms with Crippen LogP contribution in [0.5, 0.6) is 0 Å². The summed E-state index contributed by atoms with van der Waals surface area (Å²) in [4.78, 5) is 13.1. The molecule has 0 saturated heterocycles. The fourth-order valence-corrected chi connectivity index (χ4v) is 2.04. The number of nitrogens with zero attached hydrogens (tertiary/aromatic N) is 1. The molecule has 1 aromatic carbocycles. The number of hydrogen-bond donors (Lipinski definition) is 2. The normalized spacial score (nSPS) is 12.0. The van der Waals surface area contributed by atoms with Crippen molar-refractivity contribution >= 4 is 11.7 Å². The summed E-state index contributed by atoms with van der Waals surface area (Å²) in [6.45, 7) is 2.79. The Morgan fingerprint density at radius 1 is 1.23 bits per heavy atom. The van der Waals surface area contributed by atoms with E-state index in [1.54, 1.807) is 6.07 Å². The molecule has 0 radical (unpaired) electrons. The van der Waals surface area contributed by atoms with Crippen LogP contribution in [0.1, 0.15) is 24.5 Å². The van der Waals surface area contributed by atoms with E-state index in [2.05, 4.69) is 4.74 Å². The van der Waals surface area contributed by atoms with Gasteiger partial charge in [0.2, 0.25) is 0 Å². The van der Waals surface area contributed by atoms with E-state index in [4.69, 9.17) is 4.74 Å². The molecule has 0 amide bonds. The average molecular weight is 311 g/mol. The van der Waals surface area contributed by atoms with Gasteiger partial charge in [-0.25, -0.2) is 0 Å². The fraction of sp³-hybridized carbons (Fsp3) is 0.562. The maximum atomic E-state index is 11.1. The van der Waals surface area contributed by atoms with Crippen molar-refractivity contribution < 1.29 is 24.5 Å². The standard InChI is InChI=1S/C16H25NO5/c1-12(6-16(20)21-3)22-5-4-17(2)15-8-13(10-18)7-14(9-15)11-19/h7-9,12,18-19H,4-6,10-11H2,1-3H3. The molecule has 2 N–H and O–H groups in total. The van der Waals surface area contributed by atoms with Crippen LogP contribution in [0.25, 0.3) is 0 Å². The minimum Gasteiger partial charge on any atom is -0.469 e. The van der Waals surface area contributed by atoms with Gasteiger partial charge in [0.1, 0.15) is 0 Å². The Bertz CT molecular complexity index is 455. The molecule has 0 heterocycles.